The van der Waals surface area contributed by atoms with Gasteiger partial charge in [-0.1, -0.05) is 17.8 Å². The van der Waals surface area contributed by atoms with Crippen LogP contribution in [0.1, 0.15) is 5.56 Å². The Morgan fingerprint density at radius 3 is 2.79 bits per heavy atom. The van der Waals surface area contributed by atoms with Crippen molar-refractivity contribution in [2.24, 2.45) is 0 Å². The van der Waals surface area contributed by atoms with Crippen molar-refractivity contribution in [3.8, 4) is 5.88 Å². The van der Waals surface area contributed by atoms with E-state index >= 15 is 0 Å². The summed E-state index contributed by atoms with van der Waals surface area (Å²) in [4.78, 5) is 8.28. The summed E-state index contributed by atoms with van der Waals surface area (Å²) >= 11 is 4.57. The number of aromatic nitrogens is 2. The fourth-order valence-corrected chi connectivity index (χ4v) is 2.45. The van der Waals surface area contributed by atoms with Crippen LogP contribution in [0, 0.1) is 11.6 Å². The van der Waals surface area contributed by atoms with Gasteiger partial charge in [-0.3, -0.25) is 0 Å². The molecule has 1 aromatic carbocycles. The first-order valence-electron chi connectivity index (χ1n) is 5.23. The molecule has 0 radical (unpaired) electrons. The predicted octanol–water partition coefficient (Wildman–Crippen LogP) is 3.82. The van der Waals surface area contributed by atoms with Crippen LogP contribution in [0.25, 0.3) is 0 Å². The Labute approximate surface area is 121 Å². The highest BCUT2D eigenvalue weighted by Gasteiger charge is 2.07. The smallest absolute Gasteiger partial charge is 0.248 e. The molecule has 1 aromatic heterocycles. The third kappa shape index (κ3) is 3.63. The van der Waals surface area contributed by atoms with E-state index in [1.807, 2.05) is 0 Å². The first kappa shape index (κ1) is 14.2. The van der Waals surface area contributed by atoms with Crippen molar-refractivity contribution in [1.82, 2.24) is 9.97 Å². The summed E-state index contributed by atoms with van der Waals surface area (Å²) in [5.41, 5.74) is 0.674. The lowest BCUT2D eigenvalue weighted by Gasteiger charge is -2.05. The molecule has 0 bridgehead atoms. The molecule has 3 nitrogen and oxygen atoms in total. The highest BCUT2D eigenvalue weighted by molar-refractivity contribution is 9.10. The summed E-state index contributed by atoms with van der Waals surface area (Å²) in [7, 11) is 1.50. The van der Waals surface area contributed by atoms with E-state index in [-0.39, 0.29) is 0 Å². The van der Waals surface area contributed by atoms with Gasteiger partial charge in [0.1, 0.15) is 5.03 Å². The minimum atomic E-state index is -0.849. The van der Waals surface area contributed by atoms with Gasteiger partial charge < -0.3 is 4.74 Å². The van der Waals surface area contributed by atoms with Crippen LogP contribution in [0.4, 0.5) is 8.78 Å². The Bertz CT molecular complexity index is 598. The summed E-state index contributed by atoms with van der Waals surface area (Å²) in [5, 5.41) is 0.643. The second kappa shape index (κ2) is 6.29. The monoisotopic (exact) mass is 346 g/mol. The summed E-state index contributed by atoms with van der Waals surface area (Å²) in [6, 6.07) is 3.82. The van der Waals surface area contributed by atoms with Gasteiger partial charge in [-0.05, 0) is 33.6 Å². The van der Waals surface area contributed by atoms with Crippen LogP contribution >= 0.6 is 27.7 Å². The summed E-state index contributed by atoms with van der Waals surface area (Å²) < 4.78 is 31.4. The van der Waals surface area contributed by atoms with E-state index in [1.54, 1.807) is 6.20 Å². The Kier molecular flexibility index (Phi) is 4.71. The number of hydrogen-bond donors (Lipinski definition) is 0. The van der Waals surface area contributed by atoms with Crippen molar-refractivity contribution < 1.29 is 13.5 Å². The topological polar surface area (TPSA) is 35.0 Å². The van der Waals surface area contributed by atoms with Crippen molar-refractivity contribution in [3.05, 3.63) is 46.2 Å². The Hall–Kier alpha value is -1.21. The van der Waals surface area contributed by atoms with E-state index in [4.69, 9.17) is 4.74 Å². The van der Waals surface area contributed by atoms with Crippen molar-refractivity contribution in [2.75, 3.05) is 7.11 Å². The molecule has 0 aliphatic carbocycles. The van der Waals surface area contributed by atoms with Gasteiger partial charge >= 0.3 is 0 Å². The number of nitrogens with zero attached hydrogens (tertiary/aromatic N) is 2. The number of thioether (sulfide) groups is 1. The second-order valence-electron chi connectivity index (χ2n) is 3.55. The third-order valence-corrected chi connectivity index (χ3v) is 3.75. The largest absolute Gasteiger partial charge is 0.479 e. The molecule has 0 saturated heterocycles. The lowest BCUT2D eigenvalue weighted by Crippen LogP contribution is -1.93. The molecule has 0 aliphatic heterocycles. The van der Waals surface area contributed by atoms with Crippen LogP contribution in [0.3, 0.4) is 0 Å². The number of halogens is 3. The SMILES string of the molecule is COc1nc(SCc2ccc(F)c(F)c2)cnc1Br. The van der Waals surface area contributed by atoms with E-state index in [1.165, 1.54) is 31.0 Å². The molecule has 19 heavy (non-hydrogen) atoms. The van der Waals surface area contributed by atoms with Gasteiger partial charge in [-0.25, -0.2) is 18.7 Å². The number of methoxy groups -OCH3 is 1. The van der Waals surface area contributed by atoms with Crippen molar-refractivity contribution in [2.45, 2.75) is 10.8 Å². The molecule has 2 rings (SSSR count). The van der Waals surface area contributed by atoms with Gasteiger partial charge in [0, 0.05) is 5.75 Å². The average Bonchev–Trinajstić information content (AvgIpc) is 2.41. The van der Waals surface area contributed by atoms with E-state index in [0.29, 0.717) is 26.8 Å². The standard InChI is InChI=1S/C12H9BrF2N2OS/c1-18-12-11(13)16-5-10(17-12)19-6-7-2-3-8(14)9(15)4-7/h2-5H,6H2,1H3. The van der Waals surface area contributed by atoms with E-state index in [2.05, 4.69) is 25.9 Å². The van der Waals surface area contributed by atoms with E-state index in [9.17, 15) is 8.78 Å². The maximum atomic E-state index is 13.0. The lowest BCUT2D eigenvalue weighted by molar-refractivity contribution is 0.388. The molecule has 100 valence electrons. The first-order chi connectivity index (χ1) is 9.10. The highest BCUT2D eigenvalue weighted by Crippen LogP contribution is 2.26. The summed E-state index contributed by atoms with van der Waals surface area (Å²) in [5.74, 6) is -0.844. The molecule has 1 heterocycles. The van der Waals surface area contributed by atoms with Gasteiger partial charge in [-0.2, -0.15) is 0 Å². The van der Waals surface area contributed by atoms with Gasteiger partial charge in [0.25, 0.3) is 0 Å². The van der Waals surface area contributed by atoms with Crippen molar-refractivity contribution >= 4 is 27.7 Å². The zero-order chi connectivity index (χ0) is 13.8. The van der Waals surface area contributed by atoms with Gasteiger partial charge in [0.15, 0.2) is 16.2 Å². The molecular weight excluding hydrogens is 338 g/mol. The molecule has 0 fully saturated rings. The second-order valence-corrected chi connectivity index (χ2v) is 5.29. The van der Waals surface area contributed by atoms with Crippen LogP contribution in [0.15, 0.2) is 34.0 Å². The molecule has 0 amide bonds. The van der Waals surface area contributed by atoms with Crippen molar-refractivity contribution in [3.63, 3.8) is 0 Å². The van der Waals surface area contributed by atoms with Crippen molar-refractivity contribution in [1.29, 1.82) is 0 Å². The Morgan fingerprint density at radius 1 is 1.32 bits per heavy atom. The third-order valence-electron chi connectivity index (χ3n) is 2.24. The molecular formula is C12H9BrF2N2OS. The lowest BCUT2D eigenvalue weighted by atomic mass is 10.2. The zero-order valence-electron chi connectivity index (χ0n) is 9.86. The normalized spacial score (nSPS) is 10.5. The van der Waals surface area contributed by atoms with Gasteiger partial charge in [0.2, 0.25) is 5.88 Å². The maximum absolute atomic E-state index is 13.0. The molecule has 2 aromatic rings. The number of ether oxygens (including phenoxy) is 1. The van der Waals surface area contributed by atoms with Gasteiger partial charge in [0.05, 0.1) is 13.3 Å². The van der Waals surface area contributed by atoms with Crippen LogP contribution in [0.5, 0.6) is 5.88 Å². The molecule has 0 saturated carbocycles. The van der Waals surface area contributed by atoms with E-state index < -0.39 is 11.6 Å². The molecule has 0 atom stereocenters. The highest BCUT2D eigenvalue weighted by atomic mass is 79.9. The number of benzene rings is 1. The minimum absolute atomic E-state index is 0.385. The number of hydrogen-bond acceptors (Lipinski definition) is 4. The van der Waals surface area contributed by atoms with Crippen LogP contribution in [0.2, 0.25) is 0 Å². The zero-order valence-corrected chi connectivity index (χ0v) is 12.3. The first-order valence-corrected chi connectivity index (χ1v) is 7.01. The molecule has 0 unspecified atom stereocenters. The molecule has 7 heteroatoms. The Balaban J connectivity index is 2.07. The van der Waals surface area contributed by atoms with Crippen LogP contribution in [-0.2, 0) is 5.75 Å². The van der Waals surface area contributed by atoms with Gasteiger partial charge in [-0.15, -0.1) is 0 Å². The van der Waals surface area contributed by atoms with E-state index in [0.717, 1.165) is 6.07 Å². The minimum Gasteiger partial charge on any atom is -0.479 e. The number of rotatable bonds is 4. The quantitative estimate of drug-likeness (QED) is 0.788. The summed E-state index contributed by atoms with van der Waals surface area (Å²) in [6.45, 7) is 0. The maximum Gasteiger partial charge on any atom is 0.248 e. The molecule has 0 spiro atoms. The Morgan fingerprint density at radius 2 is 2.11 bits per heavy atom. The fourth-order valence-electron chi connectivity index (χ4n) is 1.33. The molecule has 0 N–H and O–H groups in total. The van der Waals surface area contributed by atoms with Crippen LogP contribution < -0.4 is 4.74 Å². The average molecular weight is 347 g/mol. The van der Waals surface area contributed by atoms with Crippen LogP contribution in [-0.4, -0.2) is 17.1 Å². The molecule has 0 aliphatic rings. The predicted molar refractivity (Wildman–Crippen MR) is 72.2 cm³/mol. The summed E-state index contributed by atoms with van der Waals surface area (Å²) in [6.07, 6.45) is 1.58. The fraction of sp³-hybridized carbons (Fsp3) is 0.167.